The number of carbonyl (C=O) groups excluding carboxylic acids is 3. The van der Waals surface area contributed by atoms with Crippen LogP contribution in [0.5, 0.6) is 0 Å². The number of hydrogen-bond donors (Lipinski definition) is 0. The summed E-state index contributed by atoms with van der Waals surface area (Å²) >= 11 is 0. The lowest BCUT2D eigenvalue weighted by atomic mass is 9.71. The molecular formula is C39H45N3O3. The van der Waals surface area contributed by atoms with Crippen LogP contribution in [0.15, 0.2) is 30.3 Å². The number of fused-ring (bicyclic) bond motifs is 2. The van der Waals surface area contributed by atoms with E-state index < -0.39 is 11.7 Å². The van der Waals surface area contributed by atoms with Gasteiger partial charge in [0.2, 0.25) is 0 Å². The number of benzene rings is 1. The molecule has 0 radical (unpaired) electrons. The monoisotopic (exact) mass is 603 g/mol. The van der Waals surface area contributed by atoms with Crippen molar-refractivity contribution >= 4 is 28.4 Å². The highest BCUT2D eigenvalue weighted by Gasteiger charge is 2.30. The summed E-state index contributed by atoms with van der Waals surface area (Å²) in [6.07, 6.45) is 5.42. The molecule has 3 aromatic rings. The number of aryl methyl sites for hydroxylation is 1. The zero-order valence-corrected chi connectivity index (χ0v) is 27.6. The smallest absolute Gasteiger partial charge is 0.262 e. The summed E-state index contributed by atoms with van der Waals surface area (Å²) in [5.41, 5.74) is 5.18. The van der Waals surface area contributed by atoms with Crippen molar-refractivity contribution in [3.63, 3.8) is 0 Å². The van der Waals surface area contributed by atoms with E-state index in [1.165, 1.54) is 5.56 Å². The lowest BCUT2D eigenvalue weighted by Crippen LogP contribution is -2.43. The largest absolute Gasteiger partial charge is 0.306 e. The molecular weight excluding hydrogens is 558 g/mol. The van der Waals surface area contributed by atoms with Gasteiger partial charge in [0.05, 0.1) is 11.4 Å². The first-order valence-electron chi connectivity index (χ1n) is 16.4. The van der Waals surface area contributed by atoms with Gasteiger partial charge in [0, 0.05) is 43.1 Å². The fraction of sp³-hybridized carbons (Fsp3) is 0.513. The van der Waals surface area contributed by atoms with Crippen molar-refractivity contribution in [1.29, 1.82) is 0 Å². The van der Waals surface area contributed by atoms with Gasteiger partial charge in [-0.05, 0) is 97.7 Å². The van der Waals surface area contributed by atoms with Crippen LogP contribution >= 0.6 is 0 Å². The Labute approximate surface area is 268 Å². The number of rotatable bonds is 10. The van der Waals surface area contributed by atoms with Gasteiger partial charge in [0.15, 0.2) is 11.5 Å². The Morgan fingerprint density at radius 3 is 2.60 bits per heavy atom. The van der Waals surface area contributed by atoms with Gasteiger partial charge >= 0.3 is 0 Å². The summed E-state index contributed by atoms with van der Waals surface area (Å²) in [4.78, 5) is 50.8. The average molecular weight is 604 g/mol. The van der Waals surface area contributed by atoms with E-state index in [9.17, 15) is 14.4 Å². The molecule has 2 aliphatic rings. The van der Waals surface area contributed by atoms with Crippen LogP contribution in [0.2, 0.25) is 0 Å². The van der Waals surface area contributed by atoms with Crippen LogP contribution in [0.1, 0.15) is 110 Å². The van der Waals surface area contributed by atoms with Crippen molar-refractivity contribution in [3.8, 4) is 11.8 Å². The highest BCUT2D eigenvalue weighted by Crippen LogP contribution is 2.37. The number of carbonyl (C=O) groups is 3. The lowest BCUT2D eigenvalue weighted by Gasteiger charge is -2.36. The van der Waals surface area contributed by atoms with E-state index in [2.05, 4.69) is 61.7 Å². The fourth-order valence-corrected chi connectivity index (χ4v) is 6.60. The van der Waals surface area contributed by atoms with E-state index in [0.29, 0.717) is 34.9 Å². The highest BCUT2D eigenvalue weighted by molar-refractivity contribution is 6.08. The van der Waals surface area contributed by atoms with Crippen LogP contribution < -0.4 is 0 Å². The Kier molecular flexibility index (Phi) is 9.85. The summed E-state index contributed by atoms with van der Waals surface area (Å²) < 4.78 is 0. The van der Waals surface area contributed by atoms with Crippen molar-refractivity contribution in [1.82, 2.24) is 14.9 Å². The molecule has 0 spiro atoms. The van der Waals surface area contributed by atoms with Crippen LogP contribution in [0.3, 0.4) is 0 Å². The van der Waals surface area contributed by atoms with E-state index in [0.717, 1.165) is 56.5 Å². The first kappa shape index (κ1) is 32.5. The van der Waals surface area contributed by atoms with Gasteiger partial charge < -0.3 is 4.90 Å². The van der Waals surface area contributed by atoms with Crippen LogP contribution in [-0.4, -0.2) is 52.4 Å². The van der Waals surface area contributed by atoms with Crippen molar-refractivity contribution < 1.29 is 14.4 Å². The number of hydrogen-bond acceptors (Lipinski definition) is 6. The number of aromatic nitrogens is 2. The molecule has 0 N–H and O–H groups in total. The van der Waals surface area contributed by atoms with Gasteiger partial charge in [-0.25, -0.2) is 9.97 Å². The van der Waals surface area contributed by atoms with Crippen LogP contribution in [0.4, 0.5) is 0 Å². The third-order valence-electron chi connectivity index (χ3n) is 9.69. The number of ketones is 3. The minimum Gasteiger partial charge on any atom is -0.306 e. The second kappa shape index (κ2) is 13.6. The normalized spacial score (nSPS) is 18.1. The number of likely N-dealkylation sites (tertiary alicyclic amines) is 1. The molecule has 234 valence electrons. The van der Waals surface area contributed by atoms with E-state index >= 15 is 0 Å². The van der Waals surface area contributed by atoms with Crippen molar-refractivity contribution in [2.24, 2.45) is 23.2 Å². The highest BCUT2D eigenvalue weighted by atomic mass is 16.1. The van der Waals surface area contributed by atoms with E-state index in [1.54, 1.807) is 0 Å². The second-order valence-corrected chi connectivity index (χ2v) is 14.3. The van der Waals surface area contributed by atoms with Gasteiger partial charge in [0.25, 0.3) is 5.78 Å². The SMILES string of the molecule is CCC(=O)C[C@@H](C#CC(=O)c1c#cc2nc3c(cc2n1)C[C@@H](C(C)(C)C)CC3)c1cccc(C(=O)C(C)CCC2CN(C)C2)c1. The van der Waals surface area contributed by atoms with Crippen molar-refractivity contribution in [2.75, 3.05) is 20.1 Å². The van der Waals surface area contributed by atoms with Crippen molar-refractivity contribution in [2.45, 2.75) is 85.5 Å². The third kappa shape index (κ3) is 7.86. The van der Waals surface area contributed by atoms with E-state index in [-0.39, 0.29) is 35.0 Å². The Balaban J connectivity index is 1.34. The Hall–Kier alpha value is -3.87. The van der Waals surface area contributed by atoms with Crippen LogP contribution in [0, 0.1) is 47.1 Å². The summed E-state index contributed by atoms with van der Waals surface area (Å²) in [6, 6.07) is 15.3. The molecule has 3 heterocycles. The van der Waals surface area contributed by atoms with E-state index in [4.69, 9.17) is 4.98 Å². The summed E-state index contributed by atoms with van der Waals surface area (Å²) in [5, 5.41) is 0. The summed E-state index contributed by atoms with van der Waals surface area (Å²) in [5.74, 6) is 6.09. The van der Waals surface area contributed by atoms with Crippen LogP contribution in [0.25, 0.3) is 11.0 Å². The molecule has 0 amide bonds. The minimum atomic E-state index is -0.512. The predicted molar refractivity (Wildman–Crippen MR) is 177 cm³/mol. The van der Waals surface area contributed by atoms with Gasteiger partial charge in [-0.2, -0.15) is 0 Å². The van der Waals surface area contributed by atoms with Gasteiger partial charge in [-0.15, -0.1) is 0 Å². The molecule has 2 aromatic heterocycles. The third-order valence-corrected chi connectivity index (χ3v) is 9.69. The second-order valence-electron chi connectivity index (χ2n) is 14.3. The summed E-state index contributed by atoms with van der Waals surface area (Å²) in [7, 11) is 2.12. The maximum absolute atomic E-state index is 13.3. The molecule has 0 saturated carbocycles. The van der Waals surface area contributed by atoms with E-state index in [1.807, 2.05) is 44.2 Å². The molecule has 1 unspecified atom stereocenters. The molecule has 6 heteroatoms. The molecule has 45 heavy (non-hydrogen) atoms. The molecule has 1 saturated heterocycles. The average Bonchev–Trinajstić information content (AvgIpc) is 3.01. The molecule has 1 aromatic carbocycles. The molecule has 1 aliphatic carbocycles. The zero-order chi connectivity index (χ0) is 32.3. The molecule has 1 fully saturated rings. The number of nitrogens with zero attached hydrogens (tertiary/aromatic N) is 3. The first-order chi connectivity index (χ1) is 21.4. The Morgan fingerprint density at radius 1 is 1.11 bits per heavy atom. The lowest BCUT2D eigenvalue weighted by molar-refractivity contribution is -0.118. The molecule has 6 nitrogen and oxygen atoms in total. The predicted octanol–water partition coefficient (Wildman–Crippen LogP) is 6.88. The Bertz CT molecular complexity index is 1650. The van der Waals surface area contributed by atoms with Gasteiger partial charge in [-0.1, -0.05) is 58.7 Å². The molecule has 5 rings (SSSR count). The quantitative estimate of drug-likeness (QED) is 0.143. The zero-order valence-electron chi connectivity index (χ0n) is 27.6. The standard InChI is InChI=1S/C39H45N3O3/c1-7-32(43)21-28(27-9-8-10-29(19-27)38(45)25(2)11-12-26-23-42(6)24-26)13-18-37(44)35-17-16-34-36(41-35)22-30-20-31(39(3,4)5)14-15-33(30)40-34/h8-10,19,22,25-26,28,31H,7,11-12,14-15,20-21,23-24H2,1-6H3/t25?,28-,31+/m1/s1. The first-order valence-corrected chi connectivity index (χ1v) is 16.4. The maximum atomic E-state index is 13.3. The van der Waals surface area contributed by atoms with Gasteiger partial charge in [0.1, 0.15) is 11.3 Å². The topological polar surface area (TPSA) is 80.2 Å². The minimum absolute atomic E-state index is 0.0467. The molecule has 3 atom stereocenters. The van der Waals surface area contributed by atoms with Gasteiger partial charge in [-0.3, -0.25) is 14.4 Å². The van der Waals surface area contributed by atoms with Crippen molar-refractivity contribution in [3.05, 3.63) is 70.5 Å². The maximum Gasteiger partial charge on any atom is 0.262 e. The summed E-state index contributed by atoms with van der Waals surface area (Å²) in [6.45, 7) is 12.8. The van der Waals surface area contributed by atoms with Crippen LogP contribution in [-0.2, 0) is 17.6 Å². The number of pyridine rings is 1. The number of Topliss-reactive ketones (excluding diaryl/α,β-unsaturated/α-hetero) is 3. The molecule has 0 bridgehead atoms. The fourth-order valence-electron chi connectivity index (χ4n) is 6.60. The Morgan fingerprint density at radius 2 is 1.89 bits per heavy atom. The molecule has 1 aliphatic heterocycles.